The fraction of sp³-hybridized carbons (Fsp3) is 0.333. The summed E-state index contributed by atoms with van der Waals surface area (Å²) in [5.74, 6) is 0.102. The summed E-state index contributed by atoms with van der Waals surface area (Å²) in [6.45, 7) is 1.84. The zero-order chi connectivity index (χ0) is 17.8. The van der Waals surface area contributed by atoms with E-state index in [-0.39, 0.29) is 41.5 Å². The van der Waals surface area contributed by atoms with E-state index in [4.69, 9.17) is 10.5 Å². The van der Waals surface area contributed by atoms with Crippen LogP contribution in [0.4, 0.5) is 19.0 Å². The van der Waals surface area contributed by atoms with E-state index in [0.29, 0.717) is 0 Å². The molecule has 0 radical (unpaired) electrons. The Morgan fingerprint density at radius 3 is 2.64 bits per heavy atom. The van der Waals surface area contributed by atoms with E-state index >= 15 is 0 Å². The Balaban J connectivity index is 1.88. The number of pyridine rings is 1. The number of ether oxygens (including phenoxy) is 1. The summed E-state index contributed by atoms with van der Waals surface area (Å²) in [4.78, 5) is 11.8. The molecule has 3 aromatic rings. The maximum Gasteiger partial charge on any atom is 0.413 e. The second-order valence-corrected chi connectivity index (χ2v) is 5.98. The van der Waals surface area contributed by atoms with Crippen molar-refractivity contribution in [3.05, 3.63) is 30.2 Å². The van der Waals surface area contributed by atoms with Gasteiger partial charge in [0.25, 0.3) is 5.88 Å². The summed E-state index contributed by atoms with van der Waals surface area (Å²) in [6, 6.07) is 3.41. The van der Waals surface area contributed by atoms with Gasteiger partial charge >= 0.3 is 6.18 Å². The second kappa shape index (κ2) is 5.04. The number of rotatable bonds is 3. The molecule has 0 aromatic carbocycles. The van der Waals surface area contributed by atoms with Gasteiger partial charge in [-0.15, -0.1) is 5.10 Å². The molecule has 2 N–H and O–H groups in total. The Morgan fingerprint density at radius 1 is 1.24 bits per heavy atom. The molecule has 0 aliphatic heterocycles. The summed E-state index contributed by atoms with van der Waals surface area (Å²) in [6.07, 6.45) is -1.96. The summed E-state index contributed by atoms with van der Waals surface area (Å²) < 4.78 is 47.0. The smallest absolute Gasteiger partial charge is 0.413 e. The van der Waals surface area contributed by atoms with E-state index in [2.05, 4.69) is 20.1 Å². The van der Waals surface area contributed by atoms with Crippen molar-refractivity contribution in [1.82, 2.24) is 24.7 Å². The van der Waals surface area contributed by atoms with Crippen molar-refractivity contribution in [3.63, 3.8) is 0 Å². The van der Waals surface area contributed by atoms with Crippen LogP contribution >= 0.6 is 0 Å². The van der Waals surface area contributed by atoms with E-state index in [0.717, 1.165) is 16.6 Å². The van der Waals surface area contributed by atoms with Crippen molar-refractivity contribution in [3.8, 4) is 11.8 Å². The van der Waals surface area contributed by atoms with Crippen LogP contribution in [0.25, 0.3) is 11.0 Å². The zero-order valence-corrected chi connectivity index (χ0v) is 13.1. The molecule has 4 rings (SSSR count). The third-order valence-electron chi connectivity index (χ3n) is 4.21. The lowest BCUT2D eigenvalue weighted by Crippen LogP contribution is -2.35. The first-order valence-corrected chi connectivity index (χ1v) is 7.49. The molecule has 3 heterocycles. The lowest BCUT2D eigenvalue weighted by atomic mass is 10.2. The number of halogens is 3. The number of fused-ring (bicyclic) bond motifs is 1. The van der Waals surface area contributed by atoms with Crippen LogP contribution in [0.2, 0.25) is 0 Å². The van der Waals surface area contributed by atoms with Crippen LogP contribution in [0.5, 0.6) is 11.8 Å². The third kappa shape index (κ3) is 2.36. The van der Waals surface area contributed by atoms with Gasteiger partial charge in [0, 0.05) is 12.3 Å². The molecule has 0 saturated heterocycles. The molecule has 0 spiro atoms. The predicted octanol–water partition coefficient (Wildman–Crippen LogP) is 2.96. The average Bonchev–Trinajstić information content (AvgIpc) is 3.26. The molecule has 1 aliphatic carbocycles. The topological polar surface area (TPSA) is 91.7 Å². The van der Waals surface area contributed by atoms with Crippen molar-refractivity contribution < 1.29 is 17.9 Å². The summed E-state index contributed by atoms with van der Waals surface area (Å²) >= 11 is 0. The molecule has 130 valence electrons. The molecule has 10 heteroatoms. The SMILES string of the molecule is Cc1ccnc(Oc2nn(C3(C(F)(F)F)CC3)c3ncnc(N)c23)c1. The monoisotopic (exact) mass is 350 g/mol. The number of anilines is 1. The number of nitrogens with zero attached hydrogens (tertiary/aromatic N) is 5. The highest BCUT2D eigenvalue weighted by Crippen LogP contribution is 2.56. The minimum absolute atomic E-state index is 0.00289. The molecule has 0 bridgehead atoms. The van der Waals surface area contributed by atoms with Gasteiger partial charge in [-0.05, 0) is 31.4 Å². The molecule has 0 atom stereocenters. The van der Waals surface area contributed by atoms with Gasteiger partial charge in [-0.25, -0.2) is 19.6 Å². The first-order valence-electron chi connectivity index (χ1n) is 7.49. The van der Waals surface area contributed by atoms with Crippen LogP contribution in [0, 0.1) is 6.92 Å². The molecule has 25 heavy (non-hydrogen) atoms. The number of nitrogen functional groups attached to an aromatic ring is 1. The van der Waals surface area contributed by atoms with Gasteiger partial charge in [-0.2, -0.15) is 13.2 Å². The van der Waals surface area contributed by atoms with Gasteiger partial charge in [-0.1, -0.05) is 0 Å². The first kappa shape index (κ1) is 15.6. The van der Waals surface area contributed by atoms with Crippen LogP contribution < -0.4 is 10.5 Å². The molecule has 7 nitrogen and oxygen atoms in total. The lowest BCUT2D eigenvalue weighted by Gasteiger charge is -2.19. The Kier molecular flexibility index (Phi) is 3.15. The van der Waals surface area contributed by atoms with E-state index in [1.807, 2.05) is 6.92 Å². The standard InChI is InChI=1S/C15H13F3N6O/c1-8-2-5-20-9(6-8)25-13-10-11(19)21-7-22-12(10)24(23-13)14(3-4-14)15(16,17)18/h2,5-7H,3-4H2,1H3,(H2,19,21,22). The minimum atomic E-state index is -4.45. The quantitative estimate of drug-likeness (QED) is 0.781. The van der Waals surface area contributed by atoms with E-state index in [1.165, 1.54) is 6.20 Å². The Bertz CT molecular complexity index is 964. The Labute approximate surface area is 139 Å². The summed E-state index contributed by atoms with van der Waals surface area (Å²) in [5.41, 5.74) is 4.64. The molecule has 1 aliphatic rings. The van der Waals surface area contributed by atoms with Gasteiger partial charge < -0.3 is 10.5 Å². The van der Waals surface area contributed by atoms with E-state index < -0.39 is 11.7 Å². The van der Waals surface area contributed by atoms with Gasteiger partial charge in [0.05, 0.1) is 0 Å². The highest BCUT2D eigenvalue weighted by Gasteiger charge is 2.66. The maximum atomic E-state index is 13.5. The second-order valence-electron chi connectivity index (χ2n) is 5.98. The van der Waals surface area contributed by atoms with Crippen LogP contribution in [-0.4, -0.2) is 30.9 Å². The van der Waals surface area contributed by atoms with E-state index in [9.17, 15) is 13.2 Å². The molecule has 0 amide bonds. The summed E-state index contributed by atoms with van der Waals surface area (Å²) in [7, 11) is 0. The normalized spacial score (nSPS) is 16.2. The van der Waals surface area contributed by atoms with Crippen molar-refractivity contribution in [2.75, 3.05) is 5.73 Å². The number of aryl methyl sites for hydroxylation is 1. The van der Waals surface area contributed by atoms with Crippen LogP contribution in [0.1, 0.15) is 18.4 Å². The van der Waals surface area contributed by atoms with Crippen molar-refractivity contribution >= 4 is 16.9 Å². The number of hydrogen-bond donors (Lipinski definition) is 1. The Morgan fingerprint density at radius 2 is 2.00 bits per heavy atom. The molecule has 1 fully saturated rings. The van der Waals surface area contributed by atoms with Gasteiger partial charge in [0.15, 0.2) is 11.2 Å². The van der Waals surface area contributed by atoms with Crippen molar-refractivity contribution in [1.29, 1.82) is 0 Å². The first-order chi connectivity index (χ1) is 11.8. The van der Waals surface area contributed by atoms with E-state index in [1.54, 1.807) is 12.1 Å². The highest BCUT2D eigenvalue weighted by molar-refractivity contribution is 5.91. The number of aromatic nitrogens is 5. The predicted molar refractivity (Wildman–Crippen MR) is 82.0 cm³/mol. The van der Waals surface area contributed by atoms with Crippen LogP contribution in [0.15, 0.2) is 24.7 Å². The molecular weight excluding hydrogens is 337 g/mol. The minimum Gasteiger partial charge on any atom is -0.418 e. The molecular formula is C15H13F3N6O. The van der Waals surface area contributed by atoms with Crippen LogP contribution in [0.3, 0.4) is 0 Å². The van der Waals surface area contributed by atoms with Crippen molar-refractivity contribution in [2.45, 2.75) is 31.5 Å². The zero-order valence-electron chi connectivity index (χ0n) is 13.1. The molecule has 1 saturated carbocycles. The summed E-state index contributed by atoms with van der Waals surface area (Å²) in [5, 5.41) is 4.17. The van der Waals surface area contributed by atoms with Gasteiger partial charge in [0.1, 0.15) is 17.5 Å². The average molecular weight is 350 g/mol. The van der Waals surface area contributed by atoms with Crippen LogP contribution in [-0.2, 0) is 5.54 Å². The lowest BCUT2D eigenvalue weighted by molar-refractivity contribution is -0.181. The molecule has 3 aromatic heterocycles. The maximum absolute atomic E-state index is 13.5. The number of alkyl halides is 3. The van der Waals surface area contributed by atoms with Crippen molar-refractivity contribution in [2.24, 2.45) is 0 Å². The van der Waals surface area contributed by atoms with Gasteiger partial charge in [-0.3, -0.25) is 0 Å². The number of nitrogens with two attached hydrogens (primary N) is 1. The fourth-order valence-corrected chi connectivity index (χ4v) is 2.71. The number of hydrogen-bond acceptors (Lipinski definition) is 6. The molecule has 0 unspecified atom stereocenters. The third-order valence-corrected chi connectivity index (χ3v) is 4.21. The van der Waals surface area contributed by atoms with Gasteiger partial charge in [0.2, 0.25) is 5.88 Å². The highest BCUT2D eigenvalue weighted by atomic mass is 19.4. The Hall–Kier alpha value is -2.91. The fourth-order valence-electron chi connectivity index (χ4n) is 2.71. The largest absolute Gasteiger partial charge is 0.418 e.